The van der Waals surface area contributed by atoms with Gasteiger partial charge in [0.05, 0.1) is 6.61 Å². The monoisotopic (exact) mass is 187 g/mol. The minimum absolute atomic E-state index is 0.248. The Morgan fingerprint density at radius 3 is 2.69 bits per heavy atom. The van der Waals surface area contributed by atoms with Crippen LogP contribution >= 0.6 is 0 Å². The summed E-state index contributed by atoms with van der Waals surface area (Å²) in [7, 11) is 0. The van der Waals surface area contributed by atoms with E-state index in [4.69, 9.17) is 10.8 Å². The van der Waals surface area contributed by atoms with Crippen LogP contribution in [0.2, 0.25) is 0 Å². The Bertz CT molecular complexity index is 212. The summed E-state index contributed by atoms with van der Waals surface area (Å²) in [5, 5.41) is 8.37. The van der Waals surface area contributed by atoms with E-state index >= 15 is 0 Å². The molecule has 0 aliphatic rings. The number of nitrogens with two attached hydrogens (primary N) is 1. The molecule has 5 heteroatoms. The molecule has 0 aliphatic heterocycles. The maximum atomic E-state index is 10.3. The molecule has 0 radical (unpaired) electrons. The van der Waals surface area contributed by atoms with Crippen LogP contribution in [0, 0.1) is 0 Å². The topological polar surface area (TPSA) is 89.6 Å². The molecule has 13 heavy (non-hydrogen) atoms. The van der Waals surface area contributed by atoms with Crippen molar-refractivity contribution < 1.29 is 19.4 Å². The van der Waals surface area contributed by atoms with Crippen LogP contribution in [0.4, 0.5) is 0 Å². The number of esters is 1. The summed E-state index contributed by atoms with van der Waals surface area (Å²) in [6.07, 6.45) is 3.40. The smallest absolute Gasteiger partial charge is 0.324 e. The first-order chi connectivity index (χ1) is 6.04. The Labute approximate surface area is 76.2 Å². The highest BCUT2D eigenvalue weighted by molar-refractivity contribution is 5.75. The number of carbonyl (C=O) groups excluding carboxylic acids is 1. The van der Waals surface area contributed by atoms with Crippen molar-refractivity contribution in [1.82, 2.24) is 0 Å². The van der Waals surface area contributed by atoms with Crippen molar-refractivity contribution >= 4 is 11.9 Å². The quantitative estimate of drug-likeness (QED) is 0.356. The Morgan fingerprint density at radius 1 is 1.62 bits per heavy atom. The Morgan fingerprint density at radius 2 is 2.23 bits per heavy atom. The predicted molar refractivity (Wildman–Crippen MR) is 46.0 cm³/mol. The fourth-order valence-electron chi connectivity index (χ4n) is 0.596. The van der Waals surface area contributed by atoms with E-state index in [1.807, 2.05) is 0 Å². The molecule has 0 saturated heterocycles. The molecular formula is C8H13NO4. The van der Waals surface area contributed by atoms with Gasteiger partial charge in [-0.2, -0.15) is 0 Å². The van der Waals surface area contributed by atoms with Gasteiger partial charge in [-0.25, -0.2) is 0 Å². The third-order valence-corrected chi connectivity index (χ3v) is 1.22. The summed E-state index contributed by atoms with van der Waals surface area (Å²) in [6, 6.07) is -0.989. The van der Waals surface area contributed by atoms with Crippen LogP contribution in [-0.2, 0) is 14.3 Å². The lowest BCUT2D eigenvalue weighted by Gasteiger charge is -1.99. The molecule has 0 heterocycles. The second-order valence-corrected chi connectivity index (χ2v) is 2.42. The number of ether oxygens (including phenoxy) is 1. The molecule has 0 rings (SSSR count). The van der Waals surface area contributed by atoms with Gasteiger partial charge in [-0.3, -0.25) is 9.59 Å². The van der Waals surface area contributed by atoms with Crippen molar-refractivity contribution in [2.24, 2.45) is 5.73 Å². The van der Waals surface area contributed by atoms with Crippen LogP contribution in [0.15, 0.2) is 12.2 Å². The first-order valence-corrected chi connectivity index (χ1v) is 3.82. The van der Waals surface area contributed by atoms with Crippen LogP contribution in [0.3, 0.4) is 0 Å². The van der Waals surface area contributed by atoms with E-state index in [1.165, 1.54) is 13.0 Å². The molecule has 0 aromatic carbocycles. The molecule has 0 aliphatic carbocycles. The fraction of sp³-hybridized carbons (Fsp3) is 0.500. The van der Waals surface area contributed by atoms with E-state index in [0.717, 1.165) is 0 Å². The summed E-state index contributed by atoms with van der Waals surface area (Å²) in [5.74, 6) is -1.43. The average molecular weight is 187 g/mol. The van der Waals surface area contributed by atoms with Gasteiger partial charge < -0.3 is 15.6 Å². The number of carboxylic acids is 1. The molecular weight excluding hydrogens is 174 g/mol. The van der Waals surface area contributed by atoms with Crippen LogP contribution in [-0.4, -0.2) is 29.7 Å². The third kappa shape index (κ3) is 7.02. The van der Waals surface area contributed by atoms with Crippen LogP contribution in [0.25, 0.3) is 0 Å². The second kappa shape index (κ2) is 6.19. The molecule has 0 aromatic heterocycles. The zero-order valence-electron chi connectivity index (χ0n) is 7.40. The Balaban J connectivity index is 3.52. The van der Waals surface area contributed by atoms with Crippen molar-refractivity contribution in [2.75, 3.05) is 6.61 Å². The summed E-state index contributed by atoms with van der Waals surface area (Å²) >= 11 is 0. The average Bonchev–Trinajstić information content (AvgIpc) is 2.02. The molecule has 0 aromatic rings. The van der Waals surface area contributed by atoms with E-state index in [9.17, 15) is 9.59 Å². The molecule has 0 spiro atoms. The van der Waals surface area contributed by atoms with E-state index < -0.39 is 12.0 Å². The van der Waals surface area contributed by atoms with Crippen molar-refractivity contribution in [3.05, 3.63) is 12.2 Å². The highest BCUT2D eigenvalue weighted by atomic mass is 16.5. The zero-order chi connectivity index (χ0) is 10.3. The van der Waals surface area contributed by atoms with E-state index in [-0.39, 0.29) is 12.6 Å². The maximum absolute atomic E-state index is 10.3. The lowest BCUT2D eigenvalue weighted by Crippen LogP contribution is -2.27. The first kappa shape index (κ1) is 11.6. The summed E-state index contributed by atoms with van der Waals surface area (Å²) in [5.41, 5.74) is 5.16. The van der Waals surface area contributed by atoms with E-state index in [0.29, 0.717) is 6.42 Å². The van der Waals surface area contributed by atoms with Crippen molar-refractivity contribution in [1.29, 1.82) is 0 Å². The molecule has 0 amide bonds. The highest BCUT2D eigenvalue weighted by Gasteiger charge is 2.04. The van der Waals surface area contributed by atoms with Crippen molar-refractivity contribution in [2.45, 2.75) is 19.4 Å². The third-order valence-electron chi connectivity index (χ3n) is 1.22. The molecule has 1 atom stereocenters. The predicted octanol–water partition coefficient (Wildman–Crippen LogP) is -0.0923. The summed E-state index contributed by atoms with van der Waals surface area (Å²) in [4.78, 5) is 20.5. The van der Waals surface area contributed by atoms with Gasteiger partial charge in [-0.05, 0) is 6.42 Å². The first-order valence-electron chi connectivity index (χ1n) is 3.82. The van der Waals surface area contributed by atoms with Gasteiger partial charge in [0.1, 0.15) is 6.04 Å². The molecule has 5 nitrogen and oxygen atoms in total. The number of hydrogen-bond donors (Lipinski definition) is 2. The van der Waals surface area contributed by atoms with E-state index in [1.54, 1.807) is 6.08 Å². The Hall–Kier alpha value is -1.36. The van der Waals surface area contributed by atoms with Gasteiger partial charge in [-0.15, -0.1) is 0 Å². The molecule has 74 valence electrons. The van der Waals surface area contributed by atoms with Gasteiger partial charge in [-0.1, -0.05) is 12.2 Å². The maximum Gasteiger partial charge on any atom is 0.324 e. The number of hydrogen-bond acceptors (Lipinski definition) is 4. The van der Waals surface area contributed by atoms with Crippen molar-refractivity contribution in [3.8, 4) is 0 Å². The number of aliphatic carboxylic acids is 1. The minimum Gasteiger partial charge on any atom is -0.480 e. The van der Waals surface area contributed by atoms with Crippen LogP contribution < -0.4 is 5.73 Å². The molecule has 0 bridgehead atoms. The van der Waals surface area contributed by atoms with Gasteiger partial charge in [0.15, 0.2) is 0 Å². The van der Waals surface area contributed by atoms with Crippen LogP contribution in [0.5, 0.6) is 0 Å². The Kier molecular flexibility index (Phi) is 5.54. The zero-order valence-corrected chi connectivity index (χ0v) is 7.40. The number of rotatable bonds is 5. The molecule has 0 saturated carbocycles. The summed E-state index contributed by atoms with van der Waals surface area (Å²) in [6.45, 7) is 1.56. The van der Waals surface area contributed by atoms with Gasteiger partial charge >= 0.3 is 11.9 Å². The number of carbonyl (C=O) groups is 2. The van der Waals surface area contributed by atoms with Gasteiger partial charge in [0.2, 0.25) is 0 Å². The van der Waals surface area contributed by atoms with Crippen molar-refractivity contribution in [3.63, 3.8) is 0 Å². The highest BCUT2D eigenvalue weighted by Crippen LogP contribution is 1.89. The summed E-state index contributed by atoms with van der Waals surface area (Å²) < 4.78 is 4.61. The SMILES string of the molecule is CC(=O)OCC/C=C/[C@@H](N)C(=O)O. The molecule has 0 fully saturated rings. The largest absolute Gasteiger partial charge is 0.480 e. The lowest BCUT2D eigenvalue weighted by molar-refractivity contribution is -0.141. The lowest BCUT2D eigenvalue weighted by atomic mass is 10.2. The van der Waals surface area contributed by atoms with Gasteiger partial charge in [0.25, 0.3) is 0 Å². The fourth-order valence-corrected chi connectivity index (χ4v) is 0.596. The normalized spacial score (nSPS) is 12.8. The van der Waals surface area contributed by atoms with Gasteiger partial charge in [0, 0.05) is 6.92 Å². The second-order valence-electron chi connectivity index (χ2n) is 2.42. The molecule has 3 N–H and O–H groups in total. The van der Waals surface area contributed by atoms with E-state index in [2.05, 4.69) is 4.74 Å². The molecule has 0 unspecified atom stereocenters. The standard InChI is InChI=1S/C8H13NO4/c1-6(10)13-5-3-2-4-7(9)8(11)12/h2,4,7H,3,5,9H2,1H3,(H,11,12)/b4-2+/t7-/m1/s1. The van der Waals surface area contributed by atoms with Crippen LogP contribution in [0.1, 0.15) is 13.3 Å². The minimum atomic E-state index is -1.08. The number of carboxylic acid groups (broad SMARTS) is 1.